The zero-order chi connectivity index (χ0) is 20.4. The normalized spacial score (nSPS) is 12.3. The van der Waals surface area contributed by atoms with Crippen molar-refractivity contribution in [3.05, 3.63) is 88.2 Å². The molecule has 0 bridgehead atoms. The average Bonchev–Trinajstić information content (AvgIpc) is 2.73. The van der Waals surface area contributed by atoms with Gasteiger partial charge in [-0.2, -0.15) is 0 Å². The monoisotopic (exact) mass is 411 g/mol. The minimum absolute atomic E-state index is 0.0923. The highest BCUT2D eigenvalue weighted by Crippen LogP contribution is 2.37. The van der Waals surface area contributed by atoms with Crippen LogP contribution in [0.25, 0.3) is 0 Å². The smallest absolute Gasteiger partial charge is 0.255 e. The highest BCUT2D eigenvalue weighted by molar-refractivity contribution is 6.31. The van der Waals surface area contributed by atoms with E-state index in [1.54, 1.807) is 24.3 Å². The van der Waals surface area contributed by atoms with Gasteiger partial charge in [-0.3, -0.25) is 9.59 Å². The fraction of sp³-hybridized carbons (Fsp3) is 0.0909. The minimum atomic E-state index is -0.653. The molecule has 7 heteroatoms. The van der Waals surface area contributed by atoms with E-state index in [9.17, 15) is 14.0 Å². The van der Waals surface area contributed by atoms with E-state index in [-0.39, 0.29) is 16.8 Å². The van der Waals surface area contributed by atoms with Gasteiger partial charge in [0.1, 0.15) is 19.0 Å². The van der Waals surface area contributed by atoms with Crippen molar-refractivity contribution in [2.45, 2.75) is 0 Å². The first-order valence-corrected chi connectivity index (χ1v) is 9.20. The second-order valence-corrected chi connectivity index (χ2v) is 6.75. The van der Waals surface area contributed by atoms with E-state index < -0.39 is 17.5 Å². The third-order valence-electron chi connectivity index (χ3n) is 4.38. The Balaban J connectivity index is 1.76. The summed E-state index contributed by atoms with van der Waals surface area (Å²) in [5.41, 5.74) is 0.487. The molecule has 146 valence electrons. The number of rotatable bonds is 4. The molecule has 0 saturated heterocycles. The van der Waals surface area contributed by atoms with Gasteiger partial charge in [-0.1, -0.05) is 29.8 Å². The van der Waals surface area contributed by atoms with Crippen LogP contribution < -0.4 is 14.8 Å². The Morgan fingerprint density at radius 3 is 2.34 bits per heavy atom. The molecule has 3 aromatic rings. The van der Waals surface area contributed by atoms with E-state index >= 15 is 0 Å². The Morgan fingerprint density at radius 1 is 0.897 bits per heavy atom. The lowest BCUT2D eigenvalue weighted by molar-refractivity contribution is 0.102. The maximum absolute atomic E-state index is 14.2. The first kappa shape index (κ1) is 19.0. The molecule has 1 heterocycles. The van der Waals surface area contributed by atoms with Crippen LogP contribution in [0.5, 0.6) is 11.5 Å². The number of ether oxygens (including phenoxy) is 2. The number of fused-ring (bicyclic) bond motifs is 1. The number of hydrogen-bond acceptors (Lipinski definition) is 4. The van der Waals surface area contributed by atoms with Crippen molar-refractivity contribution in [3.63, 3.8) is 0 Å². The molecule has 1 amide bonds. The maximum atomic E-state index is 14.2. The number of hydrogen-bond donors (Lipinski definition) is 1. The van der Waals surface area contributed by atoms with Crippen LogP contribution in [0.2, 0.25) is 5.02 Å². The van der Waals surface area contributed by atoms with E-state index in [4.69, 9.17) is 21.1 Å². The summed E-state index contributed by atoms with van der Waals surface area (Å²) in [6, 6.07) is 15.0. The van der Waals surface area contributed by atoms with Crippen molar-refractivity contribution >= 4 is 29.0 Å². The molecule has 0 aliphatic carbocycles. The molecule has 0 aromatic heterocycles. The molecule has 0 spiro atoms. The van der Waals surface area contributed by atoms with E-state index in [2.05, 4.69) is 5.32 Å². The molecule has 1 aliphatic rings. The van der Waals surface area contributed by atoms with Gasteiger partial charge < -0.3 is 14.8 Å². The SMILES string of the molecule is O=C(Nc1cc2c(cc1C(=O)c1ccccc1F)OCCO2)c1cccc(Cl)c1. The van der Waals surface area contributed by atoms with Crippen LogP contribution in [-0.2, 0) is 0 Å². The molecule has 0 unspecified atom stereocenters. The first-order chi connectivity index (χ1) is 14.0. The molecule has 4 rings (SSSR count). The van der Waals surface area contributed by atoms with Crippen molar-refractivity contribution in [1.82, 2.24) is 0 Å². The maximum Gasteiger partial charge on any atom is 0.255 e. The summed E-state index contributed by atoms with van der Waals surface area (Å²) in [7, 11) is 0. The zero-order valence-electron chi connectivity index (χ0n) is 15.1. The third kappa shape index (κ3) is 3.93. The summed E-state index contributed by atoms with van der Waals surface area (Å²) in [4.78, 5) is 25.7. The van der Waals surface area contributed by atoms with Gasteiger partial charge in [-0.25, -0.2) is 4.39 Å². The molecule has 0 atom stereocenters. The lowest BCUT2D eigenvalue weighted by Crippen LogP contribution is -2.19. The number of benzene rings is 3. The number of amides is 1. The van der Waals surface area contributed by atoms with Crippen molar-refractivity contribution in [1.29, 1.82) is 0 Å². The molecule has 5 nitrogen and oxygen atoms in total. The van der Waals surface area contributed by atoms with Gasteiger partial charge in [0, 0.05) is 16.7 Å². The summed E-state index contributed by atoms with van der Waals surface area (Å²) in [6.45, 7) is 0.670. The molecule has 3 aromatic carbocycles. The number of halogens is 2. The average molecular weight is 412 g/mol. The van der Waals surface area contributed by atoms with Crippen LogP contribution in [0.1, 0.15) is 26.3 Å². The molecular formula is C22H15ClFNO4. The standard InChI is InChI=1S/C22H15ClFNO4/c23-14-5-3-4-13(10-14)22(27)25-18-12-20-19(28-8-9-29-20)11-16(18)21(26)15-6-1-2-7-17(15)24/h1-7,10-12H,8-9H2,(H,25,27). The molecule has 0 fully saturated rings. The van der Waals surface area contributed by atoms with Gasteiger partial charge in [0.25, 0.3) is 5.91 Å². The van der Waals surface area contributed by atoms with E-state index in [1.807, 2.05) is 0 Å². The lowest BCUT2D eigenvalue weighted by atomic mass is 10.00. The Labute approximate surface area is 171 Å². The van der Waals surface area contributed by atoms with Gasteiger partial charge in [-0.15, -0.1) is 0 Å². The molecule has 29 heavy (non-hydrogen) atoms. The predicted molar refractivity (Wildman–Crippen MR) is 107 cm³/mol. The third-order valence-corrected chi connectivity index (χ3v) is 4.62. The van der Waals surface area contributed by atoms with E-state index in [1.165, 1.54) is 36.4 Å². The number of carbonyl (C=O) groups is 2. The highest BCUT2D eigenvalue weighted by Gasteiger charge is 2.23. The van der Waals surface area contributed by atoms with Gasteiger partial charge in [0.15, 0.2) is 17.3 Å². The molecule has 0 saturated carbocycles. The van der Waals surface area contributed by atoms with Crippen LogP contribution >= 0.6 is 11.6 Å². The number of anilines is 1. The van der Waals surface area contributed by atoms with E-state index in [0.717, 1.165) is 0 Å². The minimum Gasteiger partial charge on any atom is -0.486 e. The summed E-state index contributed by atoms with van der Waals surface area (Å²) in [6.07, 6.45) is 0. The van der Waals surface area contributed by atoms with Crippen LogP contribution in [0, 0.1) is 5.82 Å². The van der Waals surface area contributed by atoms with E-state index in [0.29, 0.717) is 35.3 Å². The Hall–Kier alpha value is -3.38. The fourth-order valence-electron chi connectivity index (χ4n) is 2.99. The number of nitrogens with one attached hydrogen (secondary N) is 1. The van der Waals surface area contributed by atoms with Crippen LogP contribution in [-0.4, -0.2) is 24.9 Å². The van der Waals surface area contributed by atoms with Crippen LogP contribution in [0.15, 0.2) is 60.7 Å². The summed E-state index contributed by atoms with van der Waals surface area (Å²) in [5, 5.41) is 3.10. The molecule has 1 N–H and O–H groups in total. The van der Waals surface area contributed by atoms with Gasteiger partial charge in [-0.05, 0) is 36.4 Å². The highest BCUT2D eigenvalue weighted by atomic mass is 35.5. The zero-order valence-corrected chi connectivity index (χ0v) is 15.8. The topological polar surface area (TPSA) is 64.6 Å². The summed E-state index contributed by atoms with van der Waals surface area (Å²) in [5.74, 6) is -0.952. The van der Waals surface area contributed by atoms with Crippen molar-refractivity contribution in [2.75, 3.05) is 18.5 Å². The van der Waals surface area contributed by atoms with Crippen LogP contribution in [0.3, 0.4) is 0 Å². The largest absolute Gasteiger partial charge is 0.486 e. The predicted octanol–water partition coefficient (Wildman–Crippen LogP) is 4.73. The van der Waals surface area contributed by atoms with Crippen LogP contribution in [0.4, 0.5) is 10.1 Å². The van der Waals surface area contributed by atoms with Gasteiger partial charge in [0.05, 0.1) is 16.8 Å². The second kappa shape index (κ2) is 7.93. The fourth-order valence-corrected chi connectivity index (χ4v) is 3.18. The van der Waals surface area contributed by atoms with Crippen molar-refractivity contribution < 1.29 is 23.5 Å². The number of carbonyl (C=O) groups excluding carboxylic acids is 2. The first-order valence-electron chi connectivity index (χ1n) is 8.83. The lowest BCUT2D eigenvalue weighted by Gasteiger charge is -2.21. The van der Waals surface area contributed by atoms with Gasteiger partial charge in [0.2, 0.25) is 0 Å². The number of ketones is 1. The Morgan fingerprint density at radius 2 is 1.62 bits per heavy atom. The molecule has 1 aliphatic heterocycles. The second-order valence-electron chi connectivity index (χ2n) is 6.31. The van der Waals surface area contributed by atoms with Crippen molar-refractivity contribution in [2.24, 2.45) is 0 Å². The molecule has 0 radical (unpaired) electrons. The molecular weight excluding hydrogens is 397 g/mol. The quantitative estimate of drug-likeness (QED) is 0.630. The van der Waals surface area contributed by atoms with Crippen molar-refractivity contribution in [3.8, 4) is 11.5 Å². The summed E-state index contributed by atoms with van der Waals surface area (Å²) < 4.78 is 25.3. The van der Waals surface area contributed by atoms with Gasteiger partial charge >= 0.3 is 0 Å². The summed E-state index contributed by atoms with van der Waals surface area (Å²) >= 11 is 5.95. The Kier molecular flexibility index (Phi) is 5.18. The Bertz CT molecular complexity index is 1120.